The van der Waals surface area contributed by atoms with E-state index in [1.54, 1.807) is 17.0 Å². The van der Waals surface area contributed by atoms with Crippen LogP contribution in [0.1, 0.15) is 25.1 Å². The molecule has 1 atom stereocenters. The highest BCUT2D eigenvalue weighted by Gasteiger charge is 2.23. The summed E-state index contributed by atoms with van der Waals surface area (Å²) in [4.78, 5) is 16.3. The molecular weight excluding hydrogens is 326 g/mol. The molecular formula is C19H24F2N2O2. The second-order valence-corrected chi connectivity index (χ2v) is 6.11. The fourth-order valence-electron chi connectivity index (χ4n) is 3.01. The molecule has 25 heavy (non-hydrogen) atoms. The number of nitrogens with zero attached hydrogens (tertiary/aromatic N) is 1. The van der Waals surface area contributed by atoms with Gasteiger partial charge in [0.05, 0.1) is 6.04 Å². The molecule has 0 aliphatic rings. The molecule has 1 N–H and O–H groups in total. The zero-order valence-electron chi connectivity index (χ0n) is 14.8. The summed E-state index contributed by atoms with van der Waals surface area (Å²) in [5.41, 5.74) is 2.78. The highest BCUT2D eigenvalue weighted by molar-refractivity contribution is 5.92. The van der Waals surface area contributed by atoms with Gasteiger partial charge in [-0.1, -0.05) is 12.1 Å². The van der Waals surface area contributed by atoms with Crippen molar-refractivity contribution in [3.8, 4) is 5.75 Å². The Morgan fingerprint density at radius 2 is 2.16 bits per heavy atom. The van der Waals surface area contributed by atoms with E-state index in [2.05, 4.69) is 11.6 Å². The highest BCUT2D eigenvalue weighted by atomic mass is 19.3. The van der Waals surface area contributed by atoms with E-state index < -0.39 is 18.4 Å². The zero-order chi connectivity index (χ0) is 18.6. The standard InChI is InChI=1S/C19H24F2N2O2/c1-5-10-23(13(3)19(20)21)11-9-15-12(2)22-16-7-6-8-17(18(15)16)25-14(4)24/h5-8,13,19,22H,1,9-11H2,2-4H3. The smallest absolute Gasteiger partial charge is 0.308 e. The van der Waals surface area contributed by atoms with Gasteiger partial charge in [-0.25, -0.2) is 8.78 Å². The van der Waals surface area contributed by atoms with Crippen LogP contribution in [0.15, 0.2) is 30.9 Å². The highest BCUT2D eigenvalue weighted by Crippen LogP contribution is 2.32. The van der Waals surface area contributed by atoms with Crippen LogP contribution < -0.4 is 4.74 Å². The Bertz CT molecular complexity index is 755. The van der Waals surface area contributed by atoms with E-state index in [4.69, 9.17) is 4.74 Å². The summed E-state index contributed by atoms with van der Waals surface area (Å²) in [6.45, 7) is 9.30. The minimum Gasteiger partial charge on any atom is -0.426 e. The number of benzene rings is 1. The van der Waals surface area contributed by atoms with E-state index in [9.17, 15) is 13.6 Å². The van der Waals surface area contributed by atoms with Gasteiger partial charge in [-0.15, -0.1) is 6.58 Å². The number of H-pyrrole nitrogens is 1. The van der Waals surface area contributed by atoms with E-state index in [1.165, 1.54) is 13.8 Å². The second kappa shape index (κ2) is 8.25. The number of nitrogens with one attached hydrogen (secondary N) is 1. The summed E-state index contributed by atoms with van der Waals surface area (Å²) in [5.74, 6) is 0.0958. The molecule has 1 aromatic heterocycles. The Morgan fingerprint density at radius 1 is 1.44 bits per heavy atom. The number of carbonyl (C=O) groups is 1. The van der Waals surface area contributed by atoms with Crippen LogP contribution in [0.25, 0.3) is 10.9 Å². The van der Waals surface area contributed by atoms with E-state index in [-0.39, 0.29) is 0 Å². The van der Waals surface area contributed by atoms with Crippen LogP contribution in [-0.2, 0) is 11.2 Å². The third-order valence-corrected chi connectivity index (χ3v) is 4.31. The molecule has 0 aliphatic carbocycles. The second-order valence-electron chi connectivity index (χ2n) is 6.11. The number of rotatable bonds is 8. The zero-order valence-corrected chi connectivity index (χ0v) is 14.8. The van der Waals surface area contributed by atoms with Crippen molar-refractivity contribution >= 4 is 16.9 Å². The molecule has 2 rings (SSSR count). The molecule has 0 fully saturated rings. The minimum atomic E-state index is -2.42. The van der Waals surface area contributed by atoms with Gasteiger partial charge in [-0.3, -0.25) is 9.69 Å². The van der Waals surface area contributed by atoms with Crippen LogP contribution >= 0.6 is 0 Å². The maximum absolute atomic E-state index is 13.1. The van der Waals surface area contributed by atoms with Gasteiger partial charge in [0.25, 0.3) is 6.43 Å². The van der Waals surface area contributed by atoms with Gasteiger partial charge in [0.1, 0.15) is 5.75 Å². The summed E-state index contributed by atoms with van der Waals surface area (Å²) in [7, 11) is 0. The lowest BCUT2D eigenvalue weighted by Crippen LogP contribution is -2.39. The first-order valence-corrected chi connectivity index (χ1v) is 8.26. The van der Waals surface area contributed by atoms with Gasteiger partial charge in [0.2, 0.25) is 0 Å². The molecule has 0 radical (unpaired) electrons. The molecule has 0 aliphatic heterocycles. The van der Waals surface area contributed by atoms with Crippen molar-refractivity contribution in [2.75, 3.05) is 13.1 Å². The van der Waals surface area contributed by atoms with Gasteiger partial charge in [-0.05, 0) is 38.0 Å². The average molecular weight is 350 g/mol. The predicted octanol–water partition coefficient (Wildman–Crippen LogP) is 4.09. The molecule has 4 nitrogen and oxygen atoms in total. The fourth-order valence-corrected chi connectivity index (χ4v) is 3.01. The van der Waals surface area contributed by atoms with Crippen molar-refractivity contribution in [3.05, 3.63) is 42.1 Å². The number of fused-ring (bicyclic) bond motifs is 1. The van der Waals surface area contributed by atoms with Crippen molar-refractivity contribution in [1.82, 2.24) is 9.88 Å². The number of esters is 1. The number of halogens is 2. The quantitative estimate of drug-likeness (QED) is 0.443. The van der Waals surface area contributed by atoms with Crippen molar-refractivity contribution < 1.29 is 18.3 Å². The number of aromatic amines is 1. The first-order valence-electron chi connectivity index (χ1n) is 8.26. The maximum atomic E-state index is 13.1. The van der Waals surface area contributed by atoms with Crippen LogP contribution in [0.5, 0.6) is 5.75 Å². The Balaban J connectivity index is 2.32. The summed E-state index contributed by atoms with van der Waals surface area (Å²) in [5, 5.41) is 0.832. The normalized spacial score (nSPS) is 12.8. The van der Waals surface area contributed by atoms with Crippen molar-refractivity contribution in [1.29, 1.82) is 0 Å². The Morgan fingerprint density at radius 3 is 2.76 bits per heavy atom. The van der Waals surface area contributed by atoms with Crippen molar-refractivity contribution in [2.45, 2.75) is 39.7 Å². The Labute approximate surface area is 146 Å². The lowest BCUT2D eigenvalue weighted by molar-refractivity contribution is -0.131. The third-order valence-electron chi connectivity index (χ3n) is 4.31. The molecule has 0 amide bonds. The molecule has 2 aromatic rings. The largest absolute Gasteiger partial charge is 0.426 e. The van der Waals surface area contributed by atoms with Gasteiger partial charge in [0, 0.05) is 36.6 Å². The summed E-state index contributed by atoms with van der Waals surface area (Å²) >= 11 is 0. The molecule has 0 saturated heterocycles. The molecule has 1 unspecified atom stereocenters. The van der Waals surface area contributed by atoms with Crippen LogP contribution in [0.3, 0.4) is 0 Å². The lowest BCUT2D eigenvalue weighted by Gasteiger charge is -2.27. The minimum absolute atomic E-state index is 0.392. The number of hydrogen-bond acceptors (Lipinski definition) is 3. The van der Waals surface area contributed by atoms with E-state index in [0.29, 0.717) is 25.3 Å². The summed E-state index contributed by atoms with van der Waals surface area (Å²) in [6, 6.07) is 4.60. The molecule has 1 aromatic carbocycles. The first-order chi connectivity index (χ1) is 11.8. The molecule has 0 saturated carbocycles. The lowest BCUT2D eigenvalue weighted by atomic mass is 10.1. The number of alkyl halides is 2. The average Bonchev–Trinajstić information content (AvgIpc) is 2.86. The van der Waals surface area contributed by atoms with Crippen LogP contribution in [-0.4, -0.2) is 41.4 Å². The van der Waals surface area contributed by atoms with Crippen LogP contribution in [0, 0.1) is 6.92 Å². The number of carbonyl (C=O) groups excluding carboxylic acids is 1. The van der Waals surface area contributed by atoms with Crippen molar-refractivity contribution in [2.24, 2.45) is 0 Å². The molecule has 0 spiro atoms. The Kier molecular flexibility index (Phi) is 6.31. The third kappa shape index (κ3) is 4.45. The number of hydrogen-bond donors (Lipinski definition) is 1. The number of ether oxygens (including phenoxy) is 1. The molecule has 1 heterocycles. The van der Waals surface area contributed by atoms with Gasteiger partial charge >= 0.3 is 5.97 Å². The van der Waals surface area contributed by atoms with Gasteiger partial charge in [0.15, 0.2) is 0 Å². The first kappa shape index (κ1) is 19.1. The summed E-state index contributed by atoms with van der Waals surface area (Å²) in [6.07, 6.45) is -0.221. The monoisotopic (exact) mass is 350 g/mol. The van der Waals surface area contributed by atoms with Crippen LogP contribution in [0.4, 0.5) is 8.78 Å². The maximum Gasteiger partial charge on any atom is 0.308 e. The van der Waals surface area contributed by atoms with Crippen LogP contribution in [0.2, 0.25) is 0 Å². The van der Waals surface area contributed by atoms with Gasteiger partial charge in [-0.2, -0.15) is 0 Å². The van der Waals surface area contributed by atoms with E-state index in [0.717, 1.165) is 22.2 Å². The topological polar surface area (TPSA) is 45.3 Å². The predicted molar refractivity (Wildman–Crippen MR) is 95.3 cm³/mol. The van der Waals surface area contributed by atoms with Crippen molar-refractivity contribution in [3.63, 3.8) is 0 Å². The van der Waals surface area contributed by atoms with E-state index in [1.807, 2.05) is 19.1 Å². The number of aryl methyl sites for hydroxylation is 1. The number of aromatic nitrogens is 1. The van der Waals surface area contributed by atoms with Gasteiger partial charge < -0.3 is 9.72 Å². The van der Waals surface area contributed by atoms with E-state index >= 15 is 0 Å². The SMILES string of the molecule is C=CCN(CCc1c(C)[nH]c2cccc(OC(C)=O)c12)C(C)C(F)F. The molecule has 136 valence electrons. The Hall–Kier alpha value is -2.21. The summed E-state index contributed by atoms with van der Waals surface area (Å²) < 4.78 is 31.4. The fraction of sp³-hybridized carbons (Fsp3) is 0.421. The molecule has 6 heteroatoms. The molecule has 0 bridgehead atoms.